The van der Waals surface area contributed by atoms with E-state index in [1.165, 1.54) is 0 Å². The number of nitrogens with zero attached hydrogens (tertiary/aromatic N) is 2. The molecule has 3 N–H and O–H groups in total. The minimum absolute atomic E-state index is 0.120. The first kappa shape index (κ1) is 21.8. The molecule has 35 heavy (non-hydrogen) atoms. The Bertz CT molecular complexity index is 1610. The third kappa shape index (κ3) is 4.44. The summed E-state index contributed by atoms with van der Waals surface area (Å²) in [6.45, 7) is 0. The molecule has 5 aromatic carbocycles. The van der Waals surface area contributed by atoms with Crippen LogP contribution in [0.25, 0.3) is 33.0 Å². The van der Waals surface area contributed by atoms with Crippen LogP contribution in [0.2, 0.25) is 0 Å². The third-order valence-corrected chi connectivity index (χ3v) is 5.98. The van der Waals surface area contributed by atoms with E-state index in [0.29, 0.717) is 17.0 Å². The van der Waals surface area contributed by atoms with Gasteiger partial charge in [-0.15, -0.1) is 0 Å². The Kier molecular flexibility index (Phi) is 5.90. The molecule has 0 aromatic heterocycles. The van der Waals surface area contributed by atoms with Gasteiger partial charge < -0.3 is 5.73 Å². The summed E-state index contributed by atoms with van der Waals surface area (Å²) >= 11 is 0. The molecule has 0 aliphatic heterocycles. The number of nitrogens with two attached hydrogens (primary N) is 1. The maximum Gasteiger partial charge on any atom is 0.154 e. The zero-order chi connectivity index (χ0) is 24.2. The van der Waals surface area contributed by atoms with Crippen molar-refractivity contribution >= 4 is 22.4 Å². The van der Waals surface area contributed by atoms with Gasteiger partial charge in [0.15, 0.2) is 5.84 Å². The molecule has 0 aliphatic rings. The molecule has 166 valence electrons. The Hall–Kier alpha value is -5.01. The molecule has 4 heteroatoms. The number of aliphatic imine (C=N–C) groups is 1. The molecule has 0 aliphatic carbocycles. The second kappa shape index (κ2) is 9.46. The fourth-order valence-electron chi connectivity index (χ4n) is 4.23. The van der Waals surface area contributed by atoms with Gasteiger partial charge >= 0.3 is 0 Å². The lowest BCUT2D eigenvalue weighted by Crippen LogP contribution is -2.17. The molecule has 5 aromatic rings. The van der Waals surface area contributed by atoms with E-state index in [9.17, 15) is 5.26 Å². The normalized spacial score (nSPS) is 11.2. The van der Waals surface area contributed by atoms with Gasteiger partial charge in [0.25, 0.3) is 0 Å². The van der Waals surface area contributed by atoms with Crippen LogP contribution in [0.4, 0.5) is 0 Å². The molecule has 0 amide bonds. The van der Waals surface area contributed by atoms with Gasteiger partial charge in [-0.2, -0.15) is 5.26 Å². The van der Waals surface area contributed by atoms with E-state index in [0.717, 1.165) is 38.6 Å². The number of benzene rings is 5. The van der Waals surface area contributed by atoms with Gasteiger partial charge in [-0.05, 0) is 39.6 Å². The highest BCUT2D eigenvalue weighted by molar-refractivity contribution is 6.16. The molecule has 5 rings (SSSR count). The van der Waals surface area contributed by atoms with E-state index >= 15 is 0 Å². The summed E-state index contributed by atoms with van der Waals surface area (Å²) in [5, 5.41) is 19.8. The standard InChI is InChI=1S/C31H22N4/c32-20-21-7-6-11-26(19-21)22-13-15-24(16-14-22)29-27-12-5-4-8-23(27)17-18-28(29)31(34)35-30(33)25-9-2-1-3-10-25/h1-19H,(H3,33,34,35). The second-order valence-corrected chi connectivity index (χ2v) is 8.19. The molecule has 0 saturated heterocycles. The van der Waals surface area contributed by atoms with Gasteiger partial charge in [-0.1, -0.05) is 103 Å². The summed E-state index contributed by atoms with van der Waals surface area (Å²) < 4.78 is 0. The van der Waals surface area contributed by atoms with Crippen molar-refractivity contribution in [3.05, 3.63) is 132 Å². The van der Waals surface area contributed by atoms with E-state index in [-0.39, 0.29) is 5.84 Å². The van der Waals surface area contributed by atoms with Crippen LogP contribution in [0.1, 0.15) is 16.7 Å². The van der Waals surface area contributed by atoms with Crippen LogP contribution in [0.5, 0.6) is 0 Å². The molecule has 0 saturated carbocycles. The molecular weight excluding hydrogens is 428 g/mol. The average molecular weight is 451 g/mol. The zero-order valence-electron chi connectivity index (χ0n) is 18.9. The zero-order valence-corrected chi connectivity index (χ0v) is 18.9. The van der Waals surface area contributed by atoms with Crippen LogP contribution < -0.4 is 5.73 Å². The highest BCUT2D eigenvalue weighted by atomic mass is 14.9. The number of nitriles is 1. The molecule has 0 unspecified atom stereocenters. The van der Waals surface area contributed by atoms with Crippen molar-refractivity contribution in [3.63, 3.8) is 0 Å². The topological polar surface area (TPSA) is 86.0 Å². The fraction of sp³-hybridized carbons (Fsp3) is 0. The lowest BCUT2D eigenvalue weighted by atomic mass is 9.91. The first-order valence-corrected chi connectivity index (χ1v) is 11.3. The third-order valence-electron chi connectivity index (χ3n) is 5.98. The fourth-order valence-corrected chi connectivity index (χ4v) is 4.23. The largest absolute Gasteiger partial charge is 0.383 e. The summed E-state index contributed by atoms with van der Waals surface area (Å²) in [7, 11) is 0. The summed E-state index contributed by atoms with van der Waals surface area (Å²) in [4.78, 5) is 4.44. The summed E-state index contributed by atoms with van der Waals surface area (Å²) in [6.07, 6.45) is 0. The first-order valence-electron chi connectivity index (χ1n) is 11.3. The van der Waals surface area contributed by atoms with Crippen molar-refractivity contribution in [1.29, 1.82) is 10.7 Å². The van der Waals surface area contributed by atoms with Crippen molar-refractivity contribution in [2.24, 2.45) is 10.7 Å². The minimum Gasteiger partial charge on any atom is -0.383 e. The Morgan fingerprint density at radius 3 is 2.20 bits per heavy atom. The molecule has 0 bridgehead atoms. The smallest absolute Gasteiger partial charge is 0.154 e. The maximum atomic E-state index is 9.23. The second-order valence-electron chi connectivity index (χ2n) is 8.19. The van der Waals surface area contributed by atoms with Gasteiger partial charge in [-0.25, -0.2) is 4.99 Å². The van der Waals surface area contributed by atoms with Crippen LogP contribution in [0, 0.1) is 16.7 Å². The van der Waals surface area contributed by atoms with Crippen molar-refractivity contribution in [2.75, 3.05) is 0 Å². The Morgan fingerprint density at radius 2 is 1.43 bits per heavy atom. The molecule has 0 atom stereocenters. The molecule has 0 spiro atoms. The van der Waals surface area contributed by atoms with E-state index in [1.54, 1.807) is 6.07 Å². The van der Waals surface area contributed by atoms with Crippen LogP contribution in [-0.4, -0.2) is 11.7 Å². The Morgan fingerprint density at radius 1 is 0.714 bits per heavy atom. The molecule has 0 radical (unpaired) electrons. The van der Waals surface area contributed by atoms with Crippen LogP contribution >= 0.6 is 0 Å². The predicted octanol–water partition coefficient (Wildman–Crippen LogP) is 6.78. The monoisotopic (exact) mass is 450 g/mol. The van der Waals surface area contributed by atoms with Crippen LogP contribution in [0.3, 0.4) is 0 Å². The van der Waals surface area contributed by atoms with Gasteiger partial charge in [0.05, 0.1) is 11.6 Å². The highest BCUT2D eigenvalue weighted by Crippen LogP contribution is 2.34. The van der Waals surface area contributed by atoms with Crippen molar-refractivity contribution in [1.82, 2.24) is 0 Å². The van der Waals surface area contributed by atoms with E-state index < -0.39 is 0 Å². The lowest BCUT2D eigenvalue weighted by Gasteiger charge is -2.14. The predicted molar refractivity (Wildman–Crippen MR) is 144 cm³/mol. The Labute approximate surface area is 204 Å². The Balaban J connectivity index is 1.61. The summed E-state index contributed by atoms with van der Waals surface area (Å²) in [5.74, 6) is 0.417. The average Bonchev–Trinajstić information content (AvgIpc) is 2.93. The number of amidine groups is 2. The van der Waals surface area contributed by atoms with Crippen LogP contribution in [-0.2, 0) is 0 Å². The molecular formula is C31H22N4. The van der Waals surface area contributed by atoms with Crippen molar-refractivity contribution in [3.8, 4) is 28.3 Å². The van der Waals surface area contributed by atoms with Gasteiger partial charge in [0.2, 0.25) is 0 Å². The van der Waals surface area contributed by atoms with Gasteiger partial charge in [-0.3, -0.25) is 5.41 Å². The maximum absolute atomic E-state index is 9.23. The van der Waals surface area contributed by atoms with E-state index in [1.807, 2.05) is 72.8 Å². The van der Waals surface area contributed by atoms with E-state index in [4.69, 9.17) is 11.1 Å². The summed E-state index contributed by atoms with van der Waals surface area (Å²) in [5.41, 5.74) is 12.6. The number of rotatable bonds is 4. The van der Waals surface area contributed by atoms with E-state index in [2.05, 4.69) is 47.5 Å². The van der Waals surface area contributed by atoms with Crippen molar-refractivity contribution in [2.45, 2.75) is 0 Å². The van der Waals surface area contributed by atoms with Gasteiger partial charge in [0.1, 0.15) is 5.84 Å². The number of nitrogens with one attached hydrogen (secondary N) is 1. The number of fused-ring (bicyclic) bond motifs is 1. The SMILES string of the molecule is N#Cc1cccc(-c2ccc(-c3c(/C(N)=N/C(=N)c4ccccc4)ccc4ccccc34)cc2)c1. The first-order chi connectivity index (χ1) is 17.1. The van der Waals surface area contributed by atoms with Crippen LogP contribution in [0.15, 0.2) is 120 Å². The molecule has 0 fully saturated rings. The minimum atomic E-state index is 0.120. The molecule has 0 heterocycles. The molecule has 4 nitrogen and oxygen atoms in total. The number of hydrogen-bond acceptors (Lipinski definition) is 2. The highest BCUT2D eigenvalue weighted by Gasteiger charge is 2.14. The summed E-state index contributed by atoms with van der Waals surface area (Å²) in [6, 6.07) is 39.6. The number of hydrogen-bond donors (Lipinski definition) is 2. The van der Waals surface area contributed by atoms with Gasteiger partial charge in [0, 0.05) is 16.7 Å². The lowest BCUT2D eigenvalue weighted by molar-refractivity contribution is 1.40. The quantitative estimate of drug-likeness (QED) is 0.234. The van der Waals surface area contributed by atoms with Crippen molar-refractivity contribution < 1.29 is 0 Å².